The van der Waals surface area contributed by atoms with Gasteiger partial charge in [0.25, 0.3) is 5.91 Å². The summed E-state index contributed by atoms with van der Waals surface area (Å²) in [6.07, 6.45) is 2.58. The zero-order valence-corrected chi connectivity index (χ0v) is 14.3. The summed E-state index contributed by atoms with van der Waals surface area (Å²) in [5.74, 6) is -0.700. The molecule has 2 unspecified atom stereocenters. The van der Waals surface area contributed by atoms with E-state index in [2.05, 4.69) is 4.99 Å². The molecule has 0 bridgehead atoms. The van der Waals surface area contributed by atoms with Gasteiger partial charge in [-0.15, -0.1) is 0 Å². The highest BCUT2D eigenvalue weighted by atomic mass is 19.1. The SMILES string of the molecule is O=C(N=c1ccccn1Cc1ccccc1)C1CC1c1ccccc1F. The second-order valence-corrected chi connectivity index (χ2v) is 6.59. The Hall–Kier alpha value is -3.01. The van der Waals surface area contributed by atoms with E-state index < -0.39 is 0 Å². The van der Waals surface area contributed by atoms with Crippen LogP contribution in [0.1, 0.15) is 23.5 Å². The van der Waals surface area contributed by atoms with E-state index in [1.165, 1.54) is 6.07 Å². The molecule has 130 valence electrons. The number of benzene rings is 2. The van der Waals surface area contributed by atoms with Gasteiger partial charge in [0.2, 0.25) is 0 Å². The Bertz CT molecular complexity index is 994. The third kappa shape index (κ3) is 3.49. The molecule has 0 saturated heterocycles. The molecule has 1 fully saturated rings. The van der Waals surface area contributed by atoms with E-state index in [-0.39, 0.29) is 23.6 Å². The lowest BCUT2D eigenvalue weighted by atomic mass is 10.1. The molecule has 2 aromatic carbocycles. The van der Waals surface area contributed by atoms with Crippen molar-refractivity contribution >= 4 is 5.91 Å². The number of aromatic nitrogens is 1. The highest BCUT2D eigenvalue weighted by molar-refractivity contribution is 5.83. The van der Waals surface area contributed by atoms with Crippen molar-refractivity contribution in [2.24, 2.45) is 10.9 Å². The second-order valence-electron chi connectivity index (χ2n) is 6.59. The normalized spacial score (nSPS) is 19.3. The van der Waals surface area contributed by atoms with Crippen molar-refractivity contribution in [1.82, 2.24) is 4.57 Å². The number of carbonyl (C=O) groups is 1. The Morgan fingerprint density at radius 3 is 2.54 bits per heavy atom. The number of carbonyl (C=O) groups excluding carboxylic acids is 1. The van der Waals surface area contributed by atoms with Crippen molar-refractivity contribution in [1.29, 1.82) is 0 Å². The average molecular weight is 346 g/mol. The number of pyridine rings is 1. The molecule has 4 heteroatoms. The highest BCUT2D eigenvalue weighted by Crippen LogP contribution is 2.48. The molecule has 2 atom stereocenters. The van der Waals surface area contributed by atoms with Crippen LogP contribution in [0.4, 0.5) is 4.39 Å². The number of halogens is 1. The van der Waals surface area contributed by atoms with Gasteiger partial charge >= 0.3 is 0 Å². The van der Waals surface area contributed by atoms with Crippen molar-refractivity contribution in [2.75, 3.05) is 0 Å². The largest absolute Gasteiger partial charge is 0.328 e. The maximum absolute atomic E-state index is 13.9. The van der Waals surface area contributed by atoms with E-state index in [0.29, 0.717) is 24.0 Å². The minimum atomic E-state index is -0.244. The summed E-state index contributed by atoms with van der Waals surface area (Å²) in [5, 5.41) is 0. The summed E-state index contributed by atoms with van der Waals surface area (Å²) >= 11 is 0. The van der Waals surface area contributed by atoms with Gasteiger partial charge in [0.15, 0.2) is 0 Å². The van der Waals surface area contributed by atoms with Crippen molar-refractivity contribution in [3.63, 3.8) is 0 Å². The lowest BCUT2D eigenvalue weighted by Crippen LogP contribution is -2.22. The highest BCUT2D eigenvalue weighted by Gasteiger charge is 2.45. The predicted molar refractivity (Wildman–Crippen MR) is 97.8 cm³/mol. The van der Waals surface area contributed by atoms with Crippen LogP contribution in [0.15, 0.2) is 84.0 Å². The molecule has 3 aromatic rings. The second kappa shape index (κ2) is 7.08. The van der Waals surface area contributed by atoms with Crippen LogP contribution in [0.3, 0.4) is 0 Å². The van der Waals surface area contributed by atoms with E-state index in [9.17, 15) is 9.18 Å². The first-order chi connectivity index (χ1) is 12.7. The van der Waals surface area contributed by atoms with Crippen LogP contribution in [0.25, 0.3) is 0 Å². The number of hydrogen-bond acceptors (Lipinski definition) is 1. The monoisotopic (exact) mass is 346 g/mol. The summed E-state index contributed by atoms with van der Waals surface area (Å²) in [4.78, 5) is 16.9. The number of hydrogen-bond donors (Lipinski definition) is 0. The first kappa shape index (κ1) is 16.5. The fourth-order valence-electron chi connectivity index (χ4n) is 3.27. The molecule has 1 aliphatic rings. The van der Waals surface area contributed by atoms with Gasteiger partial charge in [0, 0.05) is 18.7 Å². The molecule has 4 rings (SSSR count). The van der Waals surface area contributed by atoms with Gasteiger partial charge in [-0.25, -0.2) is 4.39 Å². The number of rotatable bonds is 4. The smallest absolute Gasteiger partial charge is 0.251 e. The van der Waals surface area contributed by atoms with E-state index >= 15 is 0 Å². The summed E-state index contributed by atoms with van der Waals surface area (Å²) in [5.41, 5.74) is 2.38. The average Bonchev–Trinajstić information content (AvgIpc) is 3.45. The summed E-state index contributed by atoms with van der Waals surface area (Å²) in [6.45, 7) is 0.648. The lowest BCUT2D eigenvalue weighted by Gasteiger charge is -2.07. The molecule has 0 aliphatic heterocycles. The molecular formula is C22H19FN2O. The first-order valence-corrected chi connectivity index (χ1v) is 8.75. The van der Waals surface area contributed by atoms with Crippen LogP contribution >= 0.6 is 0 Å². The van der Waals surface area contributed by atoms with E-state index in [4.69, 9.17) is 0 Å². The Balaban J connectivity index is 1.56. The maximum Gasteiger partial charge on any atom is 0.251 e. The van der Waals surface area contributed by atoms with Crippen LogP contribution in [-0.4, -0.2) is 10.5 Å². The first-order valence-electron chi connectivity index (χ1n) is 8.75. The van der Waals surface area contributed by atoms with Gasteiger partial charge in [-0.3, -0.25) is 4.79 Å². The molecule has 0 radical (unpaired) electrons. The van der Waals surface area contributed by atoms with Gasteiger partial charge in [-0.1, -0.05) is 54.6 Å². The van der Waals surface area contributed by atoms with Crippen molar-refractivity contribution in [3.8, 4) is 0 Å². The molecule has 1 aliphatic carbocycles. The van der Waals surface area contributed by atoms with Crippen molar-refractivity contribution in [2.45, 2.75) is 18.9 Å². The topological polar surface area (TPSA) is 34.4 Å². The molecule has 1 aromatic heterocycles. The summed E-state index contributed by atoms with van der Waals surface area (Å²) < 4.78 is 15.9. The van der Waals surface area contributed by atoms with Crippen LogP contribution in [-0.2, 0) is 11.3 Å². The Morgan fingerprint density at radius 1 is 1.00 bits per heavy atom. The van der Waals surface area contributed by atoms with Crippen LogP contribution in [0.2, 0.25) is 0 Å². The Labute approximate surface area is 151 Å². The van der Waals surface area contributed by atoms with Crippen LogP contribution < -0.4 is 5.49 Å². The van der Waals surface area contributed by atoms with E-state index in [0.717, 1.165) is 5.56 Å². The predicted octanol–water partition coefficient (Wildman–Crippen LogP) is 3.91. The molecular weight excluding hydrogens is 327 g/mol. The Morgan fingerprint density at radius 2 is 1.73 bits per heavy atom. The van der Waals surface area contributed by atoms with Crippen molar-refractivity contribution in [3.05, 3.63) is 101 Å². The molecule has 1 heterocycles. The fraction of sp³-hybridized carbons (Fsp3) is 0.182. The Kier molecular flexibility index (Phi) is 4.48. The van der Waals surface area contributed by atoms with E-state index in [1.807, 2.05) is 59.3 Å². The molecule has 26 heavy (non-hydrogen) atoms. The standard InChI is InChI=1S/C22H19FN2O/c23-20-11-5-4-10-17(20)18-14-19(18)22(26)24-21-12-6-7-13-25(21)15-16-8-2-1-3-9-16/h1-13,18-19H,14-15H2. The maximum atomic E-state index is 13.9. The lowest BCUT2D eigenvalue weighted by molar-refractivity contribution is -0.119. The van der Waals surface area contributed by atoms with Gasteiger partial charge in [0.1, 0.15) is 11.3 Å². The van der Waals surface area contributed by atoms with Crippen LogP contribution in [0.5, 0.6) is 0 Å². The van der Waals surface area contributed by atoms with Gasteiger partial charge < -0.3 is 4.57 Å². The quantitative estimate of drug-likeness (QED) is 0.705. The van der Waals surface area contributed by atoms with Crippen LogP contribution in [0, 0.1) is 11.7 Å². The minimum absolute atomic E-state index is 0.0567. The van der Waals surface area contributed by atoms with Gasteiger partial charge in [-0.05, 0) is 41.7 Å². The zero-order chi connectivity index (χ0) is 17.9. The third-order valence-corrected chi connectivity index (χ3v) is 4.75. The number of amides is 1. The molecule has 3 nitrogen and oxygen atoms in total. The van der Waals surface area contributed by atoms with Crippen molar-refractivity contribution < 1.29 is 9.18 Å². The fourth-order valence-corrected chi connectivity index (χ4v) is 3.27. The zero-order valence-electron chi connectivity index (χ0n) is 14.3. The molecule has 0 N–H and O–H groups in total. The van der Waals surface area contributed by atoms with Gasteiger partial charge in [0.05, 0.1) is 0 Å². The number of nitrogens with zero attached hydrogens (tertiary/aromatic N) is 2. The van der Waals surface area contributed by atoms with E-state index in [1.54, 1.807) is 18.2 Å². The summed E-state index contributed by atoms with van der Waals surface area (Å²) in [6, 6.07) is 22.3. The minimum Gasteiger partial charge on any atom is -0.328 e. The summed E-state index contributed by atoms with van der Waals surface area (Å²) in [7, 11) is 0. The molecule has 1 amide bonds. The molecule has 1 saturated carbocycles. The molecule has 0 spiro atoms. The third-order valence-electron chi connectivity index (χ3n) is 4.75. The van der Waals surface area contributed by atoms with Gasteiger partial charge in [-0.2, -0.15) is 4.99 Å².